The van der Waals surface area contributed by atoms with Gasteiger partial charge in [0.25, 0.3) is 5.91 Å². The molecule has 0 saturated heterocycles. The third-order valence-corrected chi connectivity index (χ3v) is 5.02. The molecular weight excluding hydrogens is 392 g/mol. The minimum absolute atomic E-state index is 0.174. The zero-order valence-corrected chi connectivity index (χ0v) is 16.7. The molecule has 0 spiro atoms. The van der Waals surface area contributed by atoms with Crippen LogP contribution < -0.4 is 5.32 Å². The molecule has 31 heavy (non-hydrogen) atoms. The zero-order valence-electron chi connectivity index (χ0n) is 16.7. The lowest BCUT2D eigenvalue weighted by Gasteiger charge is -2.10. The van der Waals surface area contributed by atoms with Crippen LogP contribution in [0.15, 0.2) is 73.1 Å². The van der Waals surface area contributed by atoms with Gasteiger partial charge in [0.15, 0.2) is 0 Å². The highest BCUT2D eigenvalue weighted by Crippen LogP contribution is 2.19. The van der Waals surface area contributed by atoms with Gasteiger partial charge in [0.05, 0.1) is 17.7 Å². The highest BCUT2D eigenvalue weighted by molar-refractivity contribution is 6.04. The Morgan fingerprint density at radius 2 is 1.84 bits per heavy atom. The molecule has 1 amide bonds. The van der Waals surface area contributed by atoms with Gasteiger partial charge in [-0.15, -0.1) is 10.2 Å². The van der Waals surface area contributed by atoms with E-state index in [1.54, 1.807) is 4.68 Å². The average Bonchev–Trinajstić information content (AvgIpc) is 3.45. The monoisotopic (exact) mass is 410 g/mol. The van der Waals surface area contributed by atoms with Crippen molar-refractivity contribution >= 4 is 22.6 Å². The Hall–Kier alpha value is -4.40. The molecule has 5 rings (SSSR count). The molecule has 0 radical (unpaired) electrons. The summed E-state index contributed by atoms with van der Waals surface area (Å²) in [4.78, 5) is 12.7. The molecular formula is C22H18N8O. The second kappa shape index (κ2) is 7.79. The van der Waals surface area contributed by atoms with E-state index in [2.05, 4.69) is 31.2 Å². The van der Waals surface area contributed by atoms with Gasteiger partial charge >= 0.3 is 0 Å². The van der Waals surface area contributed by atoms with Gasteiger partial charge in [-0.2, -0.15) is 0 Å². The first-order valence-corrected chi connectivity index (χ1v) is 9.70. The number of benzene rings is 3. The van der Waals surface area contributed by atoms with Crippen molar-refractivity contribution in [1.82, 2.24) is 35.2 Å². The molecule has 5 aromatic rings. The molecule has 3 aromatic carbocycles. The first-order valence-electron chi connectivity index (χ1n) is 9.70. The van der Waals surface area contributed by atoms with Crippen molar-refractivity contribution in [2.75, 3.05) is 5.32 Å². The van der Waals surface area contributed by atoms with E-state index in [-0.39, 0.29) is 5.91 Å². The number of carbonyl (C=O) groups is 1. The molecule has 152 valence electrons. The van der Waals surface area contributed by atoms with Gasteiger partial charge in [-0.25, -0.2) is 9.36 Å². The quantitative estimate of drug-likeness (QED) is 0.478. The summed E-state index contributed by atoms with van der Waals surface area (Å²) >= 11 is 0. The molecule has 0 atom stereocenters. The highest BCUT2D eigenvalue weighted by Gasteiger charge is 2.10. The largest absolute Gasteiger partial charge is 0.322 e. The third kappa shape index (κ3) is 3.76. The van der Waals surface area contributed by atoms with Crippen LogP contribution in [0.25, 0.3) is 16.7 Å². The Labute approximate surface area is 177 Å². The molecule has 9 heteroatoms. The summed E-state index contributed by atoms with van der Waals surface area (Å²) in [7, 11) is 0. The number of hydrogen-bond donors (Lipinski definition) is 1. The number of nitrogens with zero attached hydrogens (tertiary/aromatic N) is 7. The fraction of sp³-hybridized carbons (Fsp3) is 0.0909. The van der Waals surface area contributed by atoms with E-state index in [4.69, 9.17) is 0 Å². The normalized spacial score (nSPS) is 11.0. The van der Waals surface area contributed by atoms with Gasteiger partial charge in [-0.05, 0) is 70.9 Å². The van der Waals surface area contributed by atoms with Crippen LogP contribution in [-0.2, 0) is 6.54 Å². The molecule has 0 aliphatic carbocycles. The summed E-state index contributed by atoms with van der Waals surface area (Å²) in [5, 5.41) is 22.5. The van der Waals surface area contributed by atoms with Crippen LogP contribution in [-0.4, -0.2) is 41.1 Å². The Kier molecular flexibility index (Phi) is 4.68. The van der Waals surface area contributed by atoms with Crippen molar-refractivity contribution in [2.45, 2.75) is 13.5 Å². The second-order valence-corrected chi connectivity index (χ2v) is 7.14. The number of para-hydroxylation sites is 1. The van der Waals surface area contributed by atoms with Crippen molar-refractivity contribution in [3.05, 3.63) is 89.7 Å². The Balaban J connectivity index is 1.28. The van der Waals surface area contributed by atoms with Crippen LogP contribution in [0.5, 0.6) is 0 Å². The number of fused-ring (bicyclic) bond motifs is 1. The predicted molar refractivity (Wildman–Crippen MR) is 115 cm³/mol. The van der Waals surface area contributed by atoms with Crippen LogP contribution in [0.4, 0.5) is 5.69 Å². The van der Waals surface area contributed by atoms with Crippen molar-refractivity contribution in [2.24, 2.45) is 0 Å². The minimum Gasteiger partial charge on any atom is -0.322 e. The van der Waals surface area contributed by atoms with E-state index in [0.29, 0.717) is 17.8 Å². The number of tetrazole rings is 1. The number of anilines is 1. The van der Waals surface area contributed by atoms with Crippen molar-refractivity contribution in [3.63, 3.8) is 0 Å². The van der Waals surface area contributed by atoms with Gasteiger partial charge in [0.1, 0.15) is 11.8 Å². The van der Waals surface area contributed by atoms with E-state index < -0.39 is 0 Å². The van der Waals surface area contributed by atoms with E-state index in [1.807, 2.05) is 78.3 Å². The van der Waals surface area contributed by atoms with Crippen molar-refractivity contribution < 1.29 is 4.79 Å². The highest BCUT2D eigenvalue weighted by atomic mass is 16.1. The van der Waals surface area contributed by atoms with Crippen LogP contribution in [0.1, 0.15) is 21.5 Å². The Morgan fingerprint density at radius 3 is 2.61 bits per heavy atom. The molecule has 2 aromatic heterocycles. The molecule has 0 bridgehead atoms. The van der Waals surface area contributed by atoms with Crippen LogP contribution in [0.2, 0.25) is 0 Å². The van der Waals surface area contributed by atoms with E-state index in [1.165, 1.54) is 6.33 Å². The molecule has 0 aliphatic rings. The molecule has 9 nitrogen and oxygen atoms in total. The second-order valence-electron chi connectivity index (χ2n) is 7.14. The lowest BCUT2D eigenvalue weighted by Crippen LogP contribution is -2.12. The van der Waals surface area contributed by atoms with E-state index in [9.17, 15) is 4.79 Å². The molecule has 0 aliphatic heterocycles. The number of carbonyl (C=O) groups excluding carboxylic acids is 1. The molecule has 0 unspecified atom stereocenters. The van der Waals surface area contributed by atoms with Crippen LogP contribution >= 0.6 is 0 Å². The van der Waals surface area contributed by atoms with Crippen molar-refractivity contribution in [3.8, 4) is 5.69 Å². The zero-order chi connectivity index (χ0) is 21.2. The topological polar surface area (TPSA) is 103 Å². The molecule has 0 fully saturated rings. The summed E-state index contributed by atoms with van der Waals surface area (Å²) in [5.41, 5.74) is 5.96. The maximum absolute atomic E-state index is 12.7. The van der Waals surface area contributed by atoms with Gasteiger partial charge < -0.3 is 5.32 Å². The molecule has 0 saturated carbocycles. The fourth-order valence-corrected chi connectivity index (χ4v) is 3.43. The summed E-state index contributed by atoms with van der Waals surface area (Å²) in [6.07, 6.45) is 1.53. The first kappa shape index (κ1) is 18.6. The van der Waals surface area contributed by atoms with Crippen LogP contribution in [0, 0.1) is 6.92 Å². The summed E-state index contributed by atoms with van der Waals surface area (Å²) in [6.45, 7) is 2.52. The summed E-state index contributed by atoms with van der Waals surface area (Å²) < 4.78 is 3.43. The predicted octanol–water partition coefficient (Wildman–Crippen LogP) is 3.02. The maximum atomic E-state index is 12.7. The lowest BCUT2D eigenvalue weighted by molar-refractivity contribution is 0.102. The van der Waals surface area contributed by atoms with E-state index >= 15 is 0 Å². The van der Waals surface area contributed by atoms with Gasteiger partial charge in [-0.1, -0.05) is 29.5 Å². The fourth-order valence-electron chi connectivity index (χ4n) is 3.43. The number of amides is 1. The summed E-state index contributed by atoms with van der Waals surface area (Å²) in [6, 6.07) is 20.9. The Bertz CT molecular complexity index is 1360. The number of rotatable bonds is 5. The first-order chi connectivity index (χ1) is 15.2. The van der Waals surface area contributed by atoms with Gasteiger partial charge in [-0.3, -0.25) is 4.79 Å². The van der Waals surface area contributed by atoms with Crippen molar-refractivity contribution in [1.29, 1.82) is 0 Å². The number of nitrogens with one attached hydrogen (secondary N) is 1. The third-order valence-electron chi connectivity index (χ3n) is 5.02. The molecule has 2 heterocycles. The lowest BCUT2D eigenvalue weighted by atomic mass is 10.1. The number of aryl methyl sites for hydroxylation is 1. The maximum Gasteiger partial charge on any atom is 0.255 e. The minimum atomic E-state index is -0.174. The average molecular weight is 410 g/mol. The van der Waals surface area contributed by atoms with E-state index in [0.717, 1.165) is 27.8 Å². The Morgan fingerprint density at radius 1 is 1.00 bits per heavy atom. The van der Waals surface area contributed by atoms with Gasteiger partial charge in [0.2, 0.25) is 0 Å². The van der Waals surface area contributed by atoms with Gasteiger partial charge in [0, 0.05) is 11.3 Å². The summed E-state index contributed by atoms with van der Waals surface area (Å²) in [5.74, 6) is -0.174. The molecule has 1 N–H and O–H groups in total. The van der Waals surface area contributed by atoms with Crippen LogP contribution in [0.3, 0.4) is 0 Å². The number of hydrogen-bond acceptors (Lipinski definition) is 6. The smallest absolute Gasteiger partial charge is 0.255 e. The SMILES string of the molecule is Cc1cc(NC(=O)c2ccc(Cn3nnc4ccccc43)cc2)ccc1-n1cnnn1. The number of aromatic nitrogens is 7. The standard InChI is InChI=1S/C22H18N8O/c1-15-12-18(10-11-20(15)30-14-23-26-28-30)24-22(31)17-8-6-16(7-9-17)13-29-21-5-3-2-4-19(21)25-27-29/h2-12,14H,13H2,1H3,(H,24,31).